The second kappa shape index (κ2) is 22.0. The minimum Gasteiger partial charge on any atom is -0.481 e. The lowest BCUT2D eigenvalue weighted by Gasteiger charge is -2.23. The number of aliphatic hydroxyl groups is 4. The molecule has 0 aliphatic rings. The van der Waals surface area contributed by atoms with Gasteiger partial charge in [-0.25, -0.2) is 0 Å². The van der Waals surface area contributed by atoms with E-state index < -0.39 is 37.8 Å². The maximum atomic E-state index is 10.3. The van der Waals surface area contributed by atoms with Gasteiger partial charge in [0.2, 0.25) is 0 Å². The number of aliphatic hydroxyl groups excluding tert-OH is 4. The average Bonchev–Trinajstić information content (AvgIpc) is 2.70. The molecule has 29 heavy (non-hydrogen) atoms. The summed E-state index contributed by atoms with van der Waals surface area (Å²) < 4.78 is 0. The molecule has 176 valence electrons. The number of rotatable bonds is 19. The lowest BCUT2D eigenvalue weighted by atomic mass is 9.93. The molecule has 0 rings (SSSR count). The monoisotopic (exact) mass is 420 g/mol. The maximum absolute atomic E-state index is 10.3. The van der Waals surface area contributed by atoms with Crippen LogP contribution in [0, 0.1) is 11.3 Å². The Kier molecular flexibility index (Phi) is 23.1. The van der Waals surface area contributed by atoms with Crippen molar-refractivity contribution in [3.8, 4) is 0 Å². The molecular formula is C23H48O6. The molecule has 6 heteroatoms. The Balaban J connectivity index is 0. The van der Waals surface area contributed by atoms with Crippen molar-refractivity contribution in [2.24, 2.45) is 11.3 Å². The Bertz CT molecular complexity index is 325. The highest BCUT2D eigenvalue weighted by atomic mass is 16.4. The van der Waals surface area contributed by atoms with Crippen LogP contribution in [-0.2, 0) is 4.79 Å². The van der Waals surface area contributed by atoms with Gasteiger partial charge in [0, 0.05) is 6.42 Å². The fourth-order valence-corrected chi connectivity index (χ4v) is 2.90. The quantitative estimate of drug-likeness (QED) is 0.201. The van der Waals surface area contributed by atoms with Gasteiger partial charge in [-0.3, -0.25) is 4.79 Å². The zero-order valence-corrected chi connectivity index (χ0v) is 18.9. The molecule has 0 aromatic heterocycles. The van der Waals surface area contributed by atoms with Gasteiger partial charge in [0.25, 0.3) is 0 Å². The van der Waals surface area contributed by atoms with Crippen LogP contribution in [0.15, 0.2) is 0 Å². The van der Waals surface area contributed by atoms with Crippen LogP contribution in [0.25, 0.3) is 0 Å². The Labute approximate surface area is 178 Å². The van der Waals surface area contributed by atoms with Gasteiger partial charge in [0.15, 0.2) is 0 Å². The van der Waals surface area contributed by atoms with Crippen LogP contribution >= 0.6 is 0 Å². The van der Waals surface area contributed by atoms with E-state index in [0.29, 0.717) is 6.42 Å². The molecule has 0 radical (unpaired) electrons. The van der Waals surface area contributed by atoms with Gasteiger partial charge in [-0.1, -0.05) is 90.9 Å². The first kappa shape index (κ1) is 30.5. The van der Waals surface area contributed by atoms with Crippen molar-refractivity contribution in [3.05, 3.63) is 0 Å². The normalized spacial score (nSPS) is 11.4. The number of carboxylic acids is 1. The third-order valence-corrected chi connectivity index (χ3v) is 5.26. The van der Waals surface area contributed by atoms with Gasteiger partial charge in [-0.2, -0.15) is 0 Å². The molecule has 0 bridgehead atoms. The minimum atomic E-state index is -1.11. The minimum absolute atomic E-state index is 0.344. The van der Waals surface area contributed by atoms with Gasteiger partial charge < -0.3 is 25.5 Å². The van der Waals surface area contributed by atoms with Crippen LogP contribution < -0.4 is 0 Å². The Hall–Kier alpha value is -0.690. The highest BCUT2D eigenvalue weighted by Crippen LogP contribution is 2.14. The molecule has 0 saturated heterocycles. The van der Waals surface area contributed by atoms with E-state index in [1.54, 1.807) is 0 Å². The van der Waals surface area contributed by atoms with Gasteiger partial charge in [-0.15, -0.1) is 0 Å². The summed E-state index contributed by atoms with van der Waals surface area (Å²) in [5.74, 6) is 0.212. The van der Waals surface area contributed by atoms with Gasteiger partial charge in [-0.05, 0) is 12.3 Å². The van der Waals surface area contributed by atoms with E-state index in [4.69, 9.17) is 25.5 Å². The lowest BCUT2D eigenvalue weighted by Crippen LogP contribution is -2.37. The fraction of sp³-hybridized carbons (Fsp3) is 0.957. The highest BCUT2D eigenvalue weighted by Gasteiger charge is 2.26. The van der Waals surface area contributed by atoms with Crippen LogP contribution in [-0.4, -0.2) is 57.9 Å². The second-order valence-electron chi connectivity index (χ2n) is 8.70. The van der Waals surface area contributed by atoms with Gasteiger partial charge >= 0.3 is 5.97 Å². The average molecular weight is 421 g/mol. The molecule has 0 aromatic carbocycles. The van der Waals surface area contributed by atoms with Gasteiger partial charge in [0.1, 0.15) is 0 Å². The van der Waals surface area contributed by atoms with Crippen LogP contribution in [0.5, 0.6) is 0 Å². The van der Waals surface area contributed by atoms with Crippen molar-refractivity contribution in [1.29, 1.82) is 0 Å². The van der Waals surface area contributed by atoms with Gasteiger partial charge in [0.05, 0.1) is 31.8 Å². The molecule has 5 N–H and O–H groups in total. The number of hydrogen-bond donors (Lipinski definition) is 5. The molecule has 0 fully saturated rings. The Morgan fingerprint density at radius 2 is 0.931 bits per heavy atom. The van der Waals surface area contributed by atoms with Crippen molar-refractivity contribution in [1.82, 2.24) is 0 Å². The fourth-order valence-electron chi connectivity index (χ4n) is 2.90. The summed E-state index contributed by atoms with van der Waals surface area (Å²) in [5, 5.41) is 42.5. The number of hydrogen-bond acceptors (Lipinski definition) is 5. The molecule has 0 atom stereocenters. The summed E-state index contributed by atoms with van der Waals surface area (Å²) in [6, 6.07) is 0. The Morgan fingerprint density at radius 1 is 0.621 bits per heavy atom. The van der Waals surface area contributed by atoms with E-state index in [2.05, 4.69) is 13.8 Å². The number of carboxylic acid groups (broad SMARTS) is 1. The predicted molar refractivity (Wildman–Crippen MR) is 118 cm³/mol. The van der Waals surface area contributed by atoms with Crippen molar-refractivity contribution < 1.29 is 30.3 Å². The van der Waals surface area contributed by atoms with Crippen LogP contribution in [0.1, 0.15) is 104 Å². The van der Waals surface area contributed by atoms with E-state index in [9.17, 15) is 4.79 Å². The number of carbonyl (C=O) groups is 1. The summed E-state index contributed by atoms with van der Waals surface area (Å²) >= 11 is 0. The van der Waals surface area contributed by atoms with E-state index in [1.165, 1.54) is 70.6 Å². The third-order valence-electron chi connectivity index (χ3n) is 5.26. The summed E-state index contributed by atoms with van der Waals surface area (Å²) in [6.07, 6.45) is 17.3. The van der Waals surface area contributed by atoms with E-state index >= 15 is 0 Å². The smallest absolute Gasteiger partial charge is 0.303 e. The molecule has 0 unspecified atom stereocenters. The summed E-state index contributed by atoms with van der Waals surface area (Å²) in [6.45, 7) is 2.99. The first-order valence-electron chi connectivity index (χ1n) is 11.5. The zero-order valence-electron chi connectivity index (χ0n) is 18.9. The van der Waals surface area contributed by atoms with Crippen LogP contribution in [0.2, 0.25) is 0 Å². The first-order chi connectivity index (χ1) is 13.9. The van der Waals surface area contributed by atoms with Crippen molar-refractivity contribution >= 4 is 5.97 Å². The number of aliphatic carboxylic acids is 1. The van der Waals surface area contributed by atoms with E-state index in [0.717, 1.165) is 18.8 Å². The zero-order chi connectivity index (χ0) is 22.4. The topological polar surface area (TPSA) is 118 Å². The molecule has 0 spiro atoms. The van der Waals surface area contributed by atoms with Crippen molar-refractivity contribution in [2.75, 3.05) is 26.4 Å². The van der Waals surface area contributed by atoms with Crippen LogP contribution in [0.3, 0.4) is 0 Å². The summed E-state index contributed by atoms with van der Waals surface area (Å²) in [5.41, 5.74) is -1.11. The summed E-state index contributed by atoms with van der Waals surface area (Å²) in [7, 11) is 0. The van der Waals surface area contributed by atoms with Crippen molar-refractivity contribution in [3.63, 3.8) is 0 Å². The van der Waals surface area contributed by atoms with Crippen LogP contribution in [0.4, 0.5) is 0 Å². The summed E-state index contributed by atoms with van der Waals surface area (Å²) in [4.78, 5) is 10.3. The lowest BCUT2D eigenvalue weighted by molar-refractivity contribution is -0.137. The molecule has 0 aliphatic heterocycles. The predicted octanol–water partition coefficient (Wildman–Crippen LogP) is 4.13. The van der Waals surface area contributed by atoms with E-state index in [-0.39, 0.29) is 0 Å². The molecule has 0 amide bonds. The molecule has 6 nitrogen and oxygen atoms in total. The first-order valence-corrected chi connectivity index (χ1v) is 11.5. The standard InChI is InChI=1S/C18H36O2.C5H12O4/c1-17(2)15-13-11-9-7-5-3-4-6-8-10-12-14-16-18(19)20;6-1-5(2-7,3-8)4-9/h17H,3-16H2,1-2H3,(H,19,20);6-9H,1-4H2. The largest absolute Gasteiger partial charge is 0.481 e. The Morgan fingerprint density at radius 3 is 1.17 bits per heavy atom. The third kappa shape index (κ3) is 21.8. The SMILES string of the molecule is CC(C)CCCCCCCCCCCCCCC(=O)O.OCC(CO)(CO)CO. The molecule has 0 aliphatic carbocycles. The number of unbranched alkanes of at least 4 members (excludes halogenated alkanes) is 11. The van der Waals surface area contributed by atoms with E-state index in [1.807, 2.05) is 0 Å². The molecule has 0 saturated carbocycles. The maximum Gasteiger partial charge on any atom is 0.303 e. The molecule has 0 aromatic rings. The van der Waals surface area contributed by atoms with Crippen molar-refractivity contribution in [2.45, 2.75) is 104 Å². The molecule has 0 heterocycles. The molecular weight excluding hydrogens is 372 g/mol. The second-order valence-corrected chi connectivity index (χ2v) is 8.70. The highest BCUT2D eigenvalue weighted by molar-refractivity contribution is 5.66.